The van der Waals surface area contributed by atoms with Crippen LogP contribution in [0.25, 0.3) is 27.9 Å². The van der Waals surface area contributed by atoms with Crippen LogP contribution in [-0.2, 0) is 11.3 Å². The summed E-state index contributed by atoms with van der Waals surface area (Å²) in [5.74, 6) is 0.442. The number of rotatable bonds is 7. The van der Waals surface area contributed by atoms with Gasteiger partial charge in [-0.3, -0.25) is 4.79 Å². The number of carbonyl (C=O) groups excluding carboxylic acids is 1. The Kier molecular flexibility index (Phi) is 5.72. The number of nitrogens with zero attached hydrogens (tertiary/aromatic N) is 6. The fourth-order valence-corrected chi connectivity index (χ4v) is 4.94. The summed E-state index contributed by atoms with van der Waals surface area (Å²) in [5.41, 5.74) is 0.993. The molecule has 13 heteroatoms. The smallest absolute Gasteiger partial charge is 0.256 e. The molecule has 1 amide bonds. The van der Waals surface area contributed by atoms with E-state index < -0.39 is 24.2 Å². The number of imidazole rings is 1. The number of alkyl halides is 2. The Morgan fingerprint density at radius 3 is 2.64 bits per heavy atom. The fraction of sp³-hybridized carbons (Fsp3) is 0.435. The van der Waals surface area contributed by atoms with Gasteiger partial charge in [0.1, 0.15) is 16.9 Å². The zero-order valence-corrected chi connectivity index (χ0v) is 20.2. The van der Waals surface area contributed by atoms with Crippen molar-refractivity contribution in [2.24, 2.45) is 5.41 Å². The molecule has 0 unspecified atom stereocenters. The van der Waals surface area contributed by atoms with Crippen molar-refractivity contribution < 1.29 is 18.0 Å². The van der Waals surface area contributed by atoms with Crippen LogP contribution in [0.5, 0.6) is 0 Å². The second kappa shape index (κ2) is 8.64. The van der Waals surface area contributed by atoms with Crippen molar-refractivity contribution in [3.05, 3.63) is 30.0 Å². The standard InChI is InChI=1S/C23H26F3N9O/c1-11-29-15-6-5-14(31-20(15)34(11)10-16(25)26)17-13(24)9-35-18(17)19(27-3)32-22(33-35)30-12-7-23(2,8-12)21(36)28-4/h5-6,9,12,16H,7-8,10H2,1-4H3,(H,28,36)(H2,27,30,32,33). The summed E-state index contributed by atoms with van der Waals surface area (Å²) in [6, 6.07) is 3.22. The molecule has 1 aliphatic carbocycles. The lowest BCUT2D eigenvalue weighted by Gasteiger charge is -2.43. The van der Waals surface area contributed by atoms with E-state index >= 15 is 4.39 Å². The highest BCUT2D eigenvalue weighted by molar-refractivity contribution is 5.90. The SMILES string of the molecule is CNC(=O)C1(C)CC(Nc2nc(NC)c3c(-c4ccc5nc(C)n(CC(F)F)c5n4)c(F)cn3n2)C1. The van der Waals surface area contributed by atoms with Crippen LogP contribution in [0.4, 0.5) is 24.9 Å². The first kappa shape index (κ1) is 23.8. The second-order valence-corrected chi connectivity index (χ2v) is 9.27. The number of carbonyl (C=O) groups is 1. The lowest BCUT2D eigenvalue weighted by molar-refractivity contribution is -0.134. The number of aromatic nitrogens is 6. The van der Waals surface area contributed by atoms with Crippen LogP contribution in [0, 0.1) is 18.2 Å². The highest BCUT2D eigenvalue weighted by atomic mass is 19.3. The second-order valence-electron chi connectivity index (χ2n) is 9.27. The van der Waals surface area contributed by atoms with E-state index in [4.69, 9.17) is 0 Å². The van der Waals surface area contributed by atoms with E-state index in [1.807, 2.05) is 6.92 Å². The molecule has 36 heavy (non-hydrogen) atoms. The molecule has 0 radical (unpaired) electrons. The Morgan fingerprint density at radius 1 is 1.22 bits per heavy atom. The molecule has 5 rings (SSSR count). The topological polar surface area (TPSA) is 114 Å². The first-order valence-electron chi connectivity index (χ1n) is 11.5. The normalized spacial score (nSPS) is 19.6. The van der Waals surface area contributed by atoms with Crippen molar-refractivity contribution in [1.82, 2.24) is 34.4 Å². The van der Waals surface area contributed by atoms with Gasteiger partial charge >= 0.3 is 0 Å². The molecule has 10 nitrogen and oxygen atoms in total. The summed E-state index contributed by atoms with van der Waals surface area (Å²) >= 11 is 0. The number of amides is 1. The lowest BCUT2D eigenvalue weighted by atomic mass is 9.66. The highest BCUT2D eigenvalue weighted by Gasteiger charge is 2.46. The minimum Gasteiger partial charge on any atom is -0.371 e. The van der Waals surface area contributed by atoms with Crippen molar-refractivity contribution in [2.75, 3.05) is 24.7 Å². The molecule has 0 spiro atoms. The third kappa shape index (κ3) is 3.88. The van der Waals surface area contributed by atoms with Crippen LogP contribution in [-0.4, -0.2) is 61.6 Å². The van der Waals surface area contributed by atoms with Crippen LogP contribution in [0.3, 0.4) is 0 Å². The molecule has 4 heterocycles. The molecule has 4 aromatic heterocycles. The predicted molar refractivity (Wildman–Crippen MR) is 129 cm³/mol. The molecule has 1 fully saturated rings. The summed E-state index contributed by atoms with van der Waals surface area (Å²) in [5, 5.41) is 13.3. The molecule has 0 aromatic carbocycles. The number of halogens is 3. The lowest BCUT2D eigenvalue weighted by Crippen LogP contribution is -2.51. The maximum Gasteiger partial charge on any atom is 0.256 e. The van der Waals surface area contributed by atoms with E-state index in [-0.39, 0.29) is 34.8 Å². The Balaban J connectivity index is 1.52. The third-order valence-corrected chi connectivity index (χ3v) is 6.68. The van der Waals surface area contributed by atoms with E-state index in [0.717, 1.165) is 0 Å². The van der Waals surface area contributed by atoms with Crippen LogP contribution in [0.15, 0.2) is 18.3 Å². The molecule has 0 aliphatic heterocycles. The maximum absolute atomic E-state index is 15.3. The van der Waals surface area contributed by atoms with Crippen molar-refractivity contribution in [3.8, 4) is 11.3 Å². The summed E-state index contributed by atoms with van der Waals surface area (Å²) in [7, 11) is 3.27. The van der Waals surface area contributed by atoms with Crippen molar-refractivity contribution >= 4 is 34.4 Å². The van der Waals surface area contributed by atoms with Crippen molar-refractivity contribution in [3.63, 3.8) is 0 Å². The number of aryl methyl sites for hydroxylation is 1. The van der Waals surface area contributed by atoms with Crippen LogP contribution in [0.2, 0.25) is 0 Å². The predicted octanol–water partition coefficient (Wildman–Crippen LogP) is 3.22. The van der Waals surface area contributed by atoms with Gasteiger partial charge in [-0.15, -0.1) is 5.10 Å². The summed E-state index contributed by atoms with van der Waals surface area (Å²) in [4.78, 5) is 25.3. The molecule has 4 aromatic rings. The van der Waals surface area contributed by atoms with Crippen molar-refractivity contribution in [2.45, 2.75) is 45.7 Å². The average Bonchev–Trinajstić information content (AvgIpc) is 3.31. The third-order valence-electron chi connectivity index (χ3n) is 6.68. The van der Waals surface area contributed by atoms with Gasteiger partial charge in [-0.25, -0.2) is 27.7 Å². The van der Waals surface area contributed by atoms with Crippen LogP contribution < -0.4 is 16.0 Å². The fourth-order valence-electron chi connectivity index (χ4n) is 4.94. The van der Waals surface area contributed by atoms with Gasteiger partial charge < -0.3 is 20.5 Å². The van der Waals surface area contributed by atoms with Crippen molar-refractivity contribution in [1.29, 1.82) is 0 Å². The van der Waals surface area contributed by atoms with Crippen LogP contribution in [0.1, 0.15) is 25.6 Å². The zero-order chi connectivity index (χ0) is 25.8. The van der Waals surface area contributed by atoms with E-state index in [1.54, 1.807) is 33.2 Å². The molecule has 3 N–H and O–H groups in total. The Hall–Kier alpha value is -3.90. The van der Waals surface area contributed by atoms with Gasteiger partial charge in [0.15, 0.2) is 17.3 Å². The number of hydrogen-bond donors (Lipinski definition) is 3. The molecule has 190 valence electrons. The number of anilines is 2. The van der Waals surface area contributed by atoms with E-state index in [0.29, 0.717) is 35.5 Å². The van der Waals surface area contributed by atoms with E-state index in [2.05, 4.69) is 36.0 Å². The van der Waals surface area contributed by atoms with E-state index in [9.17, 15) is 13.6 Å². The van der Waals surface area contributed by atoms with Gasteiger partial charge in [0.2, 0.25) is 11.9 Å². The minimum absolute atomic E-state index is 0.00299. The minimum atomic E-state index is -2.58. The summed E-state index contributed by atoms with van der Waals surface area (Å²) in [6.45, 7) is 2.97. The first-order valence-corrected chi connectivity index (χ1v) is 11.5. The van der Waals surface area contributed by atoms with Gasteiger partial charge in [-0.05, 0) is 31.9 Å². The Morgan fingerprint density at radius 2 is 1.97 bits per heavy atom. The molecule has 0 atom stereocenters. The highest BCUT2D eigenvalue weighted by Crippen LogP contribution is 2.42. The van der Waals surface area contributed by atoms with Gasteiger partial charge in [0, 0.05) is 20.1 Å². The molecule has 1 aliphatic rings. The number of hydrogen-bond acceptors (Lipinski definition) is 7. The first-order chi connectivity index (χ1) is 17.1. The number of pyridine rings is 1. The zero-order valence-electron chi connectivity index (χ0n) is 20.2. The average molecular weight is 502 g/mol. The van der Waals surface area contributed by atoms with E-state index in [1.165, 1.54) is 15.3 Å². The summed E-state index contributed by atoms with van der Waals surface area (Å²) < 4.78 is 44.2. The molecule has 1 saturated carbocycles. The molecular weight excluding hydrogens is 475 g/mol. The molecule has 0 saturated heterocycles. The van der Waals surface area contributed by atoms with Crippen LogP contribution >= 0.6 is 0 Å². The monoisotopic (exact) mass is 501 g/mol. The van der Waals surface area contributed by atoms with Gasteiger partial charge in [-0.1, -0.05) is 6.92 Å². The summed E-state index contributed by atoms with van der Waals surface area (Å²) in [6.07, 6.45) is -0.131. The molecular formula is C23H26F3N9O. The van der Waals surface area contributed by atoms with Gasteiger partial charge in [-0.2, -0.15) is 4.98 Å². The number of nitrogens with one attached hydrogen (secondary N) is 3. The quantitative estimate of drug-likeness (QED) is 0.356. The van der Waals surface area contributed by atoms with Gasteiger partial charge in [0.25, 0.3) is 6.43 Å². The Bertz CT molecular complexity index is 1470. The maximum atomic E-state index is 15.3. The number of fused-ring (bicyclic) bond motifs is 2. The molecule has 0 bridgehead atoms. The Labute approximate surface area is 204 Å². The van der Waals surface area contributed by atoms with Gasteiger partial charge in [0.05, 0.1) is 29.4 Å². The largest absolute Gasteiger partial charge is 0.371 e.